The van der Waals surface area contributed by atoms with Gasteiger partial charge in [-0.25, -0.2) is 9.97 Å². The van der Waals surface area contributed by atoms with Crippen molar-refractivity contribution in [2.75, 3.05) is 0 Å². The molecule has 3 heterocycles. The van der Waals surface area contributed by atoms with Crippen LogP contribution in [0.3, 0.4) is 0 Å². The fraction of sp³-hybridized carbons (Fsp3) is 0.0270. The Morgan fingerprint density at radius 3 is 2.02 bits per heavy atom. The number of hydrogen-bond acceptors (Lipinski definition) is 3. The average molecular weight is 528 g/mol. The van der Waals surface area contributed by atoms with Gasteiger partial charge >= 0.3 is 0 Å². The molecule has 0 aliphatic carbocycles. The molecule has 8 aromatic rings. The first-order valence-electron chi connectivity index (χ1n) is 13.8. The number of aromatic nitrogens is 3. The lowest BCUT2D eigenvalue weighted by Crippen LogP contribution is -2.03. The monoisotopic (exact) mass is 527 g/mol. The maximum absolute atomic E-state index is 6.11. The summed E-state index contributed by atoms with van der Waals surface area (Å²) in [6, 6.07) is 44.3. The van der Waals surface area contributed by atoms with Crippen molar-refractivity contribution in [3.63, 3.8) is 0 Å². The quantitative estimate of drug-likeness (QED) is 0.229. The van der Waals surface area contributed by atoms with E-state index >= 15 is 0 Å². The second-order valence-corrected chi connectivity index (χ2v) is 10.3. The third-order valence-electron chi connectivity index (χ3n) is 7.81. The number of fused-ring (bicyclic) bond motifs is 4. The van der Waals surface area contributed by atoms with Gasteiger partial charge in [-0.3, -0.25) is 4.57 Å². The number of imidazole rings is 1. The molecule has 0 fully saturated rings. The van der Waals surface area contributed by atoms with Crippen LogP contribution in [0, 0.1) is 6.92 Å². The molecule has 0 bridgehead atoms. The lowest BCUT2D eigenvalue weighted by Gasteiger charge is -2.19. The first-order valence-corrected chi connectivity index (χ1v) is 13.8. The molecular formula is C37H25N3O. The molecule has 0 N–H and O–H groups in total. The molecule has 4 heteroatoms. The Morgan fingerprint density at radius 2 is 1.29 bits per heavy atom. The van der Waals surface area contributed by atoms with E-state index in [0.717, 1.165) is 72.3 Å². The number of benzene rings is 5. The lowest BCUT2D eigenvalue weighted by atomic mass is 9.95. The Balaban J connectivity index is 1.49. The van der Waals surface area contributed by atoms with Crippen LogP contribution < -0.4 is 0 Å². The highest BCUT2D eigenvalue weighted by atomic mass is 16.3. The summed E-state index contributed by atoms with van der Waals surface area (Å²) >= 11 is 0. The van der Waals surface area contributed by atoms with Crippen LogP contribution in [0.25, 0.3) is 72.4 Å². The van der Waals surface area contributed by atoms with Crippen molar-refractivity contribution >= 4 is 33.1 Å². The van der Waals surface area contributed by atoms with Crippen molar-refractivity contribution in [3.8, 4) is 39.3 Å². The molecule has 0 radical (unpaired) electrons. The standard InChI is InChI=1S/C37H25N3O/c1-24-12-10-21-33-34(24)30-22-27(23-38-37(30)41-33)36-39-31-19-8-9-20-32(31)40(36)35-28(25-13-4-2-5-14-25)17-11-18-29(35)26-15-6-3-7-16-26/h2-23H,1H3. The normalized spacial score (nSPS) is 11.5. The first-order chi connectivity index (χ1) is 20.3. The van der Waals surface area contributed by atoms with Crippen molar-refractivity contribution in [2.45, 2.75) is 6.92 Å². The number of aryl methyl sites for hydroxylation is 1. The largest absolute Gasteiger partial charge is 0.438 e. The third kappa shape index (κ3) is 3.76. The molecule has 0 amide bonds. The van der Waals surface area contributed by atoms with Gasteiger partial charge in [-0.1, -0.05) is 103 Å². The lowest BCUT2D eigenvalue weighted by molar-refractivity contribution is 0.654. The first kappa shape index (κ1) is 23.4. The number of para-hydroxylation sites is 3. The molecule has 0 saturated heterocycles. The second kappa shape index (κ2) is 9.32. The minimum atomic E-state index is 0.635. The second-order valence-electron chi connectivity index (χ2n) is 10.3. The van der Waals surface area contributed by atoms with Crippen LogP contribution in [0.2, 0.25) is 0 Å². The molecule has 4 nitrogen and oxygen atoms in total. The summed E-state index contributed by atoms with van der Waals surface area (Å²) in [6.07, 6.45) is 1.88. The summed E-state index contributed by atoms with van der Waals surface area (Å²) in [5.74, 6) is 0.837. The Hall–Kier alpha value is -5.48. The molecule has 0 saturated carbocycles. The highest BCUT2D eigenvalue weighted by Gasteiger charge is 2.22. The van der Waals surface area contributed by atoms with Gasteiger partial charge < -0.3 is 4.42 Å². The van der Waals surface area contributed by atoms with E-state index in [1.54, 1.807) is 0 Å². The number of pyridine rings is 1. The molecule has 5 aromatic carbocycles. The highest BCUT2D eigenvalue weighted by Crippen LogP contribution is 2.41. The Morgan fingerprint density at radius 1 is 0.634 bits per heavy atom. The number of nitrogens with zero attached hydrogens (tertiary/aromatic N) is 3. The van der Waals surface area contributed by atoms with Gasteiger partial charge in [0, 0.05) is 33.7 Å². The highest BCUT2D eigenvalue weighted by molar-refractivity contribution is 6.06. The van der Waals surface area contributed by atoms with Crippen molar-refractivity contribution in [1.29, 1.82) is 0 Å². The zero-order valence-corrected chi connectivity index (χ0v) is 22.5. The number of hydrogen-bond donors (Lipinski definition) is 0. The van der Waals surface area contributed by atoms with Crippen molar-refractivity contribution in [2.24, 2.45) is 0 Å². The van der Waals surface area contributed by atoms with Crippen LogP contribution in [-0.4, -0.2) is 14.5 Å². The van der Waals surface area contributed by atoms with Crippen molar-refractivity contribution in [1.82, 2.24) is 14.5 Å². The van der Waals surface area contributed by atoms with Crippen LogP contribution in [-0.2, 0) is 0 Å². The zero-order chi connectivity index (χ0) is 27.3. The van der Waals surface area contributed by atoms with E-state index in [1.807, 2.05) is 24.4 Å². The van der Waals surface area contributed by atoms with E-state index in [4.69, 9.17) is 14.4 Å². The fourth-order valence-electron chi connectivity index (χ4n) is 5.94. The molecule has 0 aliphatic heterocycles. The summed E-state index contributed by atoms with van der Waals surface area (Å²) in [5.41, 5.74) is 11.2. The van der Waals surface area contributed by atoms with Crippen molar-refractivity contribution in [3.05, 3.63) is 139 Å². The minimum Gasteiger partial charge on any atom is -0.438 e. The van der Waals surface area contributed by atoms with Gasteiger partial charge in [0.2, 0.25) is 5.71 Å². The summed E-state index contributed by atoms with van der Waals surface area (Å²) in [4.78, 5) is 10.00. The molecule has 194 valence electrons. The van der Waals surface area contributed by atoms with Crippen LogP contribution in [0.15, 0.2) is 138 Å². The summed E-state index contributed by atoms with van der Waals surface area (Å²) in [7, 11) is 0. The van der Waals surface area contributed by atoms with E-state index in [-0.39, 0.29) is 0 Å². The van der Waals surface area contributed by atoms with Crippen LogP contribution in [0.5, 0.6) is 0 Å². The van der Waals surface area contributed by atoms with Crippen LogP contribution >= 0.6 is 0 Å². The SMILES string of the molecule is Cc1cccc2oc3ncc(-c4nc5ccccc5n4-c4c(-c5ccccc5)cccc4-c4ccccc4)cc3c12. The Bertz CT molecular complexity index is 2150. The van der Waals surface area contributed by atoms with E-state index in [2.05, 4.69) is 121 Å². The van der Waals surface area contributed by atoms with Crippen LogP contribution in [0.4, 0.5) is 0 Å². The molecule has 0 spiro atoms. The molecule has 0 atom stereocenters. The van der Waals surface area contributed by atoms with Gasteiger partial charge in [-0.2, -0.15) is 0 Å². The zero-order valence-electron chi connectivity index (χ0n) is 22.5. The minimum absolute atomic E-state index is 0.635. The van der Waals surface area contributed by atoms with Gasteiger partial charge in [-0.15, -0.1) is 0 Å². The van der Waals surface area contributed by atoms with E-state index in [9.17, 15) is 0 Å². The smallest absolute Gasteiger partial charge is 0.227 e. The molecule has 0 unspecified atom stereocenters. The molecule has 3 aromatic heterocycles. The maximum atomic E-state index is 6.11. The van der Waals surface area contributed by atoms with E-state index in [0.29, 0.717) is 5.71 Å². The van der Waals surface area contributed by atoms with Gasteiger partial charge in [-0.05, 0) is 47.9 Å². The molecule has 41 heavy (non-hydrogen) atoms. The fourth-order valence-corrected chi connectivity index (χ4v) is 5.94. The topological polar surface area (TPSA) is 43.9 Å². The van der Waals surface area contributed by atoms with Gasteiger partial charge in [0.1, 0.15) is 11.4 Å². The van der Waals surface area contributed by atoms with E-state index < -0.39 is 0 Å². The predicted molar refractivity (Wildman–Crippen MR) is 167 cm³/mol. The molecular weight excluding hydrogens is 502 g/mol. The Labute approximate surface area is 237 Å². The van der Waals surface area contributed by atoms with E-state index in [1.165, 1.54) is 0 Å². The maximum Gasteiger partial charge on any atom is 0.227 e. The summed E-state index contributed by atoms with van der Waals surface area (Å²) in [6.45, 7) is 2.11. The van der Waals surface area contributed by atoms with Crippen LogP contribution in [0.1, 0.15) is 5.56 Å². The average Bonchev–Trinajstić information content (AvgIpc) is 3.60. The third-order valence-corrected chi connectivity index (χ3v) is 7.81. The van der Waals surface area contributed by atoms with Gasteiger partial charge in [0.25, 0.3) is 0 Å². The van der Waals surface area contributed by atoms with Gasteiger partial charge in [0.05, 0.1) is 16.7 Å². The Kier molecular flexibility index (Phi) is 5.32. The molecule has 0 aliphatic rings. The predicted octanol–water partition coefficient (Wildman–Crippen LogP) is 9.63. The van der Waals surface area contributed by atoms with Gasteiger partial charge in [0.15, 0.2) is 0 Å². The summed E-state index contributed by atoms with van der Waals surface area (Å²) < 4.78 is 8.42. The number of rotatable bonds is 4. The number of furan rings is 1. The molecule has 8 rings (SSSR count). The van der Waals surface area contributed by atoms with Crippen molar-refractivity contribution < 1.29 is 4.42 Å². The summed E-state index contributed by atoms with van der Waals surface area (Å²) in [5, 5.41) is 2.09.